The zero-order chi connectivity index (χ0) is 14.8. The van der Waals surface area contributed by atoms with Crippen molar-refractivity contribution in [2.75, 3.05) is 11.5 Å². The van der Waals surface area contributed by atoms with Gasteiger partial charge in [0.25, 0.3) is 0 Å². The molecular weight excluding hydrogens is 276 g/mol. The number of benzene rings is 1. The first kappa shape index (κ1) is 14.8. The number of carbonyl (C=O) groups is 1. The molecule has 110 valence electrons. The van der Waals surface area contributed by atoms with Gasteiger partial charge in [-0.3, -0.25) is 4.79 Å². The largest absolute Gasteiger partial charge is 0.398 e. The maximum Gasteiger partial charge on any atom is 0.235 e. The minimum absolute atomic E-state index is 0.0321. The van der Waals surface area contributed by atoms with Crippen molar-refractivity contribution in [1.29, 1.82) is 0 Å². The zero-order valence-corrected chi connectivity index (χ0v) is 12.4. The Kier molecular flexibility index (Phi) is 4.32. The number of hydrogen-bond acceptors (Lipinski definition) is 4. The lowest BCUT2D eigenvalue weighted by Crippen LogP contribution is -2.37. The van der Waals surface area contributed by atoms with Crippen molar-refractivity contribution in [3.05, 3.63) is 23.8 Å². The number of nitrogens with one attached hydrogen (secondary N) is 1. The molecule has 0 aromatic heterocycles. The van der Waals surface area contributed by atoms with E-state index in [0.29, 0.717) is 0 Å². The predicted octanol–water partition coefficient (Wildman–Crippen LogP) is 1.41. The molecule has 5 nitrogen and oxygen atoms in total. The van der Waals surface area contributed by atoms with Gasteiger partial charge >= 0.3 is 0 Å². The monoisotopic (exact) mass is 296 g/mol. The highest BCUT2D eigenvalue weighted by atomic mass is 32.2. The maximum atomic E-state index is 12.2. The molecule has 0 heterocycles. The predicted molar refractivity (Wildman–Crippen MR) is 78.0 cm³/mol. The summed E-state index contributed by atoms with van der Waals surface area (Å²) in [5.74, 6) is -0.992. The summed E-state index contributed by atoms with van der Waals surface area (Å²) < 4.78 is 24.4. The summed E-state index contributed by atoms with van der Waals surface area (Å²) in [6.45, 7) is 1.83. The Bertz CT molecular complexity index is 605. The molecule has 1 fully saturated rings. The van der Waals surface area contributed by atoms with E-state index in [9.17, 15) is 13.2 Å². The van der Waals surface area contributed by atoms with Gasteiger partial charge in [-0.15, -0.1) is 0 Å². The fourth-order valence-corrected chi connectivity index (χ4v) is 3.82. The lowest BCUT2D eigenvalue weighted by molar-refractivity contribution is -0.119. The number of nitrogens with two attached hydrogens (primary N) is 1. The highest BCUT2D eigenvalue weighted by Crippen LogP contribution is 2.21. The molecule has 2 rings (SSSR count). The van der Waals surface area contributed by atoms with Crippen LogP contribution in [0.4, 0.5) is 5.69 Å². The highest BCUT2D eigenvalue weighted by Gasteiger charge is 2.24. The van der Waals surface area contributed by atoms with E-state index in [0.717, 1.165) is 31.2 Å². The van der Waals surface area contributed by atoms with Crippen molar-refractivity contribution >= 4 is 21.4 Å². The first-order valence-corrected chi connectivity index (χ1v) is 8.42. The lowest BCUT2D eigenvalue weighted by Gasteiger charge is -2.13. The van der Waals surface area contributed by atoms with Gasteiger partial charge in [-0.25, -0.2) is 8.42 Å². The van der Waals surface area contributed by atoms with Gasteiger partial charge in [0.2, 0.25) is 5.91 Å². The molecular formula is C14H20N2O3S. The van der Waals surface area contributed by atoms with E-state index in [2.05, 4.69) is 5.32 Å². The molecule has 3 N–H and O–H groups in total. The van der Waals surface area contributed by atoms with Crippen LogP contribution in [0.3, 0.4) is 0 Å². The fraction of sp³-hybridized carbons (Fsp3) is 0.500. The van der Waals surface area contributed by atoms with Crippen molar-refractivity contribution in [2.45, 2.75) is 43.5 Å². The molecule has 0 bridgehead atoms. The minimum Gasteiger partial charge on any atom is -0.398 e. The maximum absolute atomic E-state index is 12.2. The molecule has 20 heavy (non-hydrogen) atoms. The van der Waals surface area contributed by atoms with Gasteiger partial charge in [0.05, 0.1) is 10.6 Å². The van der Waals surface area contributed by atoms with Crippen LogP contribution in [0, 0.1) is 6.92 Å². The Labute approximate surface area is 119 Å². The van der Waals surface area contributed by atoms with Crippen LogP contribution in [0.25, 0.3) is 0 Å². The van der Waals surface area contributed by atoms with E-state index in [1.54, 1.807) is 12.1 Å². The quantitative estimate of drug-likeness (QED) is 0.822. The van der Waals surface area contributed by atoms with Gasteiger partial charge in [0.15, 0.2) is 9.84 Å². The number of anilines is 1. The summed E-state index contributed by atoms with van der Waals surface area (Å²) >= 11 is 0. The molecule has 1 aromatic carbocycles. The summed E-state index contributed by atoms with van der Waals surface area (Å²) in [4.78, 5) is 11.9. The molecule has 6 heteroatoms. The van der Waals surface area contributed by atoms with Gasteiger partial charge in [0.1, 0.15) is 5.75 Å². The Morgan fingerprint density at radius 2 is 2.00 bits per heavy atom. The fourth-order valence-electron chi connectivity index (χ4n) is 2.54. The van der Waals surface area contributed by atoms with Crippen molar-refractivity contribution in [2.24, 2.45) is 0 Å². The Morgan fingerprint density at radius 1 is 1.35 bits per heavy atom. The summed E-state index contributed by atoms with van der Waals surface area (Å²) in [6.07, 6.45) is 4.03. The normalized spacial score (nSPS) is 16.2. The molecule has 0 unspecified atom stereocenters. The molecule has 0 atom stereocenters. The second-order valence-corrected chi connectivity index (χ2v) is 7.31. The van der Waals surface area contributed by atoms with Crippen LogP contribution in [0.15, 0.2) is 23.1 Å². The molecule has 0 radical (unpaired) electrons. The molecule has 0 saturated heterocycles. The first-order chi connectivity index (χ1) is 9.38. The minimum atomic E-state index is -3.69. The number of amides is 1. The van der Waals surface area contributed by atoms with E-state index >= 15 is 0 Å². The van der Waals surface area contributed by atoms with E-state index < -0.39 is 21.5 Å². The van der Waals surface area contributed by atoms with E-state index in [1.165, 1.54) is 6.07 Å². The lowest BCUT2D eigenvalue weighted by atomic mass is 10.2. The molecule has 1 saturated carbocycles. The molecule has 0 aliphatic heterocycles. The number of aryl methyl sites for hydroxylation is 1. The van der Waals surface area contributed by atoms with Crippen LogP contribution in [0.2, 0.25) is 0 Å². The van der Waals surface area contributed by atoms with E-state index in [4.69, 9.17) is 5.73 Å². The van der Waals surface area contributed by atoms with Crippen molar-refractivity contribution in [3.63, 3.8) is 0 Å². The topological polar surface area (TPSA) is 89.3 Å². The molecule has 1 aromatic rings. The van der Waals surface area contributed by atoms with Crippen molar-refractivity contribution in [1.82, 2.24) is 5.32 Å². The summed E-state index contributed by atoms with van der Waals surface area (Å²) in [6, 6.07) is 4.86. The van der Waals surface area contributed by atoms with Crippen LogP contribution >= 0.6 is 0 Å². The average molecular weight is 296 g/mol. The number of rotatable bonds is 4. The third-order valence-electron chi connectivity index (χ3n) is 3.54. The standard InChI is InChI=1S/C14H20N2O3S/c1-10-6-7-13(12(15)8-10)20(18,19)9-14(17)16-11-4-2-3-5-11/h6-8,11H,2-5,9,15H2,1H3,(H,16,17). The van der Waals surface area contributed by atoms with Crippen molar-refractivity contribution in [3.8, 4) is 0 Å². The molecule has 1 amide bonds. The summed E-state index contributed by atoms with van der Waals surface area (Å²) in [5.41, 5.74) is 6.82. The summed E-state index contributed by atoms with van der Waals surface area (Å²) in [5, 5.41) is 2.78. The van der Waals surface area contributed by atoms with Gasteiger partial charge in [-0.2, -0.15) is 0 Å². The average Bonchev–Trinajstić information content (AvgIpc) is 2.79. The van der Waals surface area contributed by atoms with Crippen LogP contribution in [0.1, 0.15) is 31.2 Å². The van der Waals surface area contributed by atoms with Crippen LogP contribution in [0.5, 0.6) is 0 Å². The zero-order valence-electron chi connectivity index (χ0n) is 11.6. The van der Waals surface area contributed by atoms with E-state index in [1.807, 2.05) is 6.92 Å². The third kappa shape index (κ3) is 3.50. The van der Waals surface area contributed by atoms with Gasteiger partial charge in [0, 0.05) is 6.04 Å². The second-order valence-electron chi connectivity index (χ2n) is 5.35. The van der Waals surface area contributed by atoms with Gasteiger partial charge < -0.3 is 11.1 Å². The van der Waals surface area contributed by atoms with Gasteiger partial charge in [-0.1, -0.05) is 18.9 Å². The van der Waals surface area contributed by atoms with Crippen LogP contribution in [-0.2, 0) is 14.6 Å². The number of hydrogen-bond donors (Lipinski definition) is 2. The third-order valence-corrected chi connectivity index (χ3v) is 5.23. The van der Waals surface area contributed by atoms with E-state index in [-0.39, 0.29) is 16.6 Å². The number of carbonyl (C=O) groups excluding carboxylic acids is 1. The molecule has 0 spiro atoms. The number of nitrogen functional groups attached to an aromatic ring is 1. The Hall–Kier alpha value is -1.56. The highest BCUT2D eigenvalue weighted by molar-refractivity contribution is 7.92. The first-order valence-electron chi connectivity index (χ1n) is 6.77. The smallest absolute Gasteiger partial charge is 0.235 e. The van der Waals surface area contributed by atoms with Crippen LogP contribution in [-0.4, -0.2) is 26.1 Å². The summed E-state index contributed by atoms with van der Waals surface area (Å²) in [7, 11) is -3.69. The number of sulfone groups is 1. The Morgan fingerprint density at radius 3 is 2.60 bits per heavy atom. The Balaban J connectivity index is 2.08. The SMILES string of the molecule is Cc1ccc(S(=O)(=O)CC(=O)NC2CCCC2)c(N)c1. The van der Waals surface area contributed by atoms with Gasteiger partial charge in [-0.05, 0) is 37.5 Å². The van der Waals surface area contributed by atoms with Crippen LogP contribution < -0.4 is 11.1 Å². The van der Waals surface area contributed by atoms with Crippen molar-refractivity contribution < 1.29 is 13.2 Å². The molecule has 1 aliphatic rings. The molecule has 1 aliphatic carbocycles. The second kappa shape index (κ2) is 5.83.